The van der Waals surface area contributed by atoms with E-state index in [1.54, 1.807) is 29.7 Å². The molecule has 4 heteroatoms. The zero-order valence-electron chi connectivity index (χ0n) is 10.7. The van der Waals surface area contributed by atoms with Gasteiger partial charge in [-0.1, -0.05) is 6.07 Å². The molecule has 1 N–H and O–H groups in total. The molecule has 1 atom stereocenters. The van der Waals surface area contributed by atoms with E-state index in [1.165, 1.54) is 15.3 Å². The Hall–Kier alpha value is -1.68. The highest BCUT2D eigenvalue weighted by atomic mass is 32.1. The van der Waals surface area contributed by atoms with Gasteiger partial charge in [0.1, 0.15) is 5.69 Å². The van der Waals surface area contributed by atoms with E-state index in [-0.39, 0.29) is 11.9 Å². The van der Waals surface area contributed by atoms with Crippen LogP contribution in [0.4, 0.5) is 0 Å². The van der Waals surface area contributed by atoms with Gasteiger partial charge in [0.2, 0.25) is 0 Å². The van der Waals surface area contributed by atoms with E-state index >= 15 is 0 Å². The number of amides is 1. The van der Waals surface area contributed by atoms with Gasteiger partial charge >= 0.3 is 0 Å². The van der Waals surface area contributed by atoms with Crippen molar-refractivity contribution in [2.75, 3.05) is 0 Å². The van der Waals surface area contributed by atoms with Crippen LogP contribution in [-0.4, -0.2) is 10.9 Å². The molecule has 2 heterocycles. The SMILES string of the molecule is Cc1cc([C@H](C)NC(=O)c2ccccn2)c(C)s1. The van der Waals surface area contributed by atoms with Gasteiger partial charge < -0.3 is 5.32 Å². The number of aromatic nitrogens is 1. The van der Waals surface area contributed by atoms with E-state index in [4.69, 9.17) is 0 Å². The number of aryl methyl sites for hydroxylation is 2. The third-order valence-corrected chi connectivity index (χ3v) is 3.77. The topological polar surface area (TPSA) is 42.0 Å². The third-order valence-electron chi connectivity index (χ3n) is 2.79. The lowest BCUT2D eigenvalue weighted by molar-refractivity contribution is 0.0935. The minimum atomic E-state index is -0.133. The maximum atomic E-state index is 12.0. The van der Waals surface area contributed by atoms with E-state index in [0.717, 1.165) is 0 Å². The quantitative estimate of drug-likeness (QED) is 0.920. The second-order valence-electron chi connectivity index (χ2n) is 4.28. The number of nitrogens with zero attached hydrogens (tertiary/aromatic N) is 1. The summed E-state index contributed by atoms with van der Waals surface area (Å²) in [6, 6.07) is 7.46. The molecule has 18 heavy (non-hydrogen) atoms. The fraction of sp³-hybridized carbons (Fsp3) is 0.286. The molecule has 0 bridgehead atoms. The molecule has 0 aliphatic carbocycles. The molecule has 0 unspecified atom stereocenters. The number of pyridine rings is 1. The highest BCUT2D eigenvalue weighted by molar-refractivity contribution is 7.12. The van der Waals surface area contributed by atoms with Gasteiger partial charge in [0, 0.05) is 16.0 Å². The van der Waals surface area contributed by atoms with Crippen molar-refractivity contribution < 1.29 is 4.79 Å². The highest BCUT2D eigenvalue weighted by Crippen LogP contribution is 2.26. The molecule has 3 nitrogen and oxygen atoms in total. The minimum Gasteiger partial charge on any atom is -0.344 e. The summed E-state index contributed by atoms with van der Waals surface area (Å²) < 4.78 is 0. The van der Waals surface area contributed by atoms with E-state index in [9.17, 15) is 4.79 Å². The van der Waals surface area contributed by atoms with E-state index in [0.29, 0.717) is 5.69 Å². The standard InChI is InChI=1S/C14H16N2OS/c1-9-8-12(11(3)18-9)10(2)16-14(17)13-6-4-5-7-15-13/h4-8,10H,1-3H3,(H,16,17)/t10-/m0/s1. The zero-order valence-corrected chi connectivity index (χ0v) is 11.5. The van der Waals surface area contributed by atoms with Crippen molar-refractivity contribution in [1.82, 2.24) is 10.3 Å². The Morgan fingerprint density at radius 1 is 1.39 bits per heavy atom. The average Bonchev–Trinajstić information content (AvgIpc) is 2.69. The molecule has 0 aromatic carbocycles. The van der Waals surface area contributed by atoms with Crippen molar-refractivity contribution in [3.8, 4) is 0 Å². The number of carbonyl (C=O) groups is 1. The van der Waals surface area contributed by atoms with E-state index < -0.39 is 0 Å². The Balaban J connectivity index is 2.10. The first kappa shape index (κ1) is 12.8. The Morgan fingerprint density at radius 2 is 2.17 bits per heavy atom. The summed E-state index contributed by atoms with van der Waals surface area (Å²) in [5, 5.41) is 2.97. The van der Waals surface area contributed by atoms with E-state index in [2.05, 4.69) is 30.2 Å². The van der Waals surface area contributed by atoms with Crippen molar-refractivity contribution in [2.24, 2.45) is 0 Å². The van der Waals surface area contributed by atoms with Gasteiger partial charge in [-0.3, -0.25) is 9.78 Å². The van der Waals surface area contributed by atoms with Gasteiger partial charge in [-0.2, -0.15) is 0 Å². The number of nitrogens with one attached hydrogen (secondary N) is 1. The number of rotatable bonds is 3. The molecule has 1 amide bonds. The summed E-state index contributed by atoms with van der Waals surface area (Å²) in [6.45, 7) is 6.15. The van der Waals surface area contributed by atoms with Crippen LogP contribution in [0, 0.1) is 13.8 Å². The number of thiophene rings is 1. The molecule has 0 saturated carbocycles. The Kier molecular flexibility index (Phi) is 3.77. The van der Waals surface area contributed by atoms with Crippen LogP contribution < -0.4 is 5.32 Å². The van der Waals surface area contributed by atoms with Gasteiger partial charge in [0.15, 0.2) is 0 Å². The van der Waals surface area contributed by atoms with Gasteiger partial charge in [-0.25, -0.2) is 0 Å². The molecule has 2 aromatic rings. The molecule has 2 rings (SSSR count). The summed E-state index contributed by atoms with van der Waals surface area (Å²) >= 11 is 1.75. The maximum absolute atomic E-state index is 12.0. The van der Waals surface area contributed by atoms with Crippen molar-refractivity contribution >= 4 is 17.2 Å². The van der Waals surface area contributed by atoms with Crippen LogP contribution in [0.1, 0.15) is 38.8 Å². The van der Waals surface area contributed by atoms with Crippen molar-refractivity contribution in [1.29, 1.82) is 0 Å². The maximum Gasteiger partial charge on any atom is 0.270 e. The van der Waals surface area contributed by atoms with Crippen LogP contribution in [0.25, 0.3) is 0 Å². The molecule has 94 valence electrons. The third kappa shape index (κ3) is 2.76. The van der Waals surface area contributed by atoms with Crippen LogP contribution in [0.5, 0.6) is 0 Å². The molecule has 0 saturated heterocycles. The lowest BCUT2D eigenvalue weighted by Gasteiger charge is -2.13. The second kappa shape index (κ2) is 5.31. The normalized spacial score (nSPS) is 12.2. The molecule has 0 aliphatic heterocycles. The Bertz CT molecular complexity index is 548. The Labute approximate surface area is 111 Å². The van der Waals surface area contributed by atoms with Crippen molar-refractivity contribution in [2.45, 2.75) is 26.8 Å². The van der Waals surface area contributed by atoms with Crippen molar-refractivity contribution in [3.05, 3.63) is 51.5 Å². The number of hydrogen-bond acceptors (Lipinski definition) is 3. The van der Waals surface area contributed by atoms with Gasteiger partial charge in [0.05, 0.1) is 6.04 Å². The van der Waals surface area contributed by atoms with Gasteiger partial charge in [-0.05, 0) is 44.5 Å². The fourth-order valence-electron chi connectivity index (χ4n) is 1.93. The fourth-order valence-corrected chi connectivity index (χ4v) is 2.95. The monoisotopic (exact) mass is 260 g/mol. The van der Waals surface area contributed by atoms with Crippen LogP contribution in [0.2, 0.25) is 0 Å². The zero-order chi connectivity index (χ0) is 13.1. The van der Waals surface area contributed by atoms with Crippen LogP contribution in [0.3, 0.4) is 0 Å². The number of hydrogen-bond donors (Lipinski definition) is 1. The predicted molar refractivity (Wildman–Crippen MR) is 73.9 cm³/mol. The highest BCUT2D eigenvalue weighted by Gasteiger charge is 2.15. The van der Waals surface area contributed by atoms with Gasteiger partial charge in [-0.15, -0.1) is 11.3 Å². The minimum absolute atomic E-state index is 0.00413. The molecule has 2 aromatic heterocycles. The molecule has 0 fully saturated rings. The molecule has 0 aliphatic rings. The average molecular weight is 260 g/mol. The predicted octanol–water partition coefficient (Wildman–Crippen LogP) is 3.25. The molecular formula is C14H16N2OS. The molecule has 0 spiro atoms. The summed E-state index contributed by atoms with van der Waals surface area (Å²) in [5.74, 6) is -0.133. The largest absolute Gasteiger partial charge is 0.344 e. The summed E-state index contributed by atoms with van der Waals surface area (Å²) in [4.78, 5) is 18.5. The first-order chi connectivity index (χ1) is 8.58. The van der Waals surface area contributed by atoms with E-state index in [1.807, 2.05) is 13.0 Å². The van der Waals surface area contributed by atoms with Gasteiger partial charge in [0.25, 0.3) is 5.91 Å². The summed E-state index contributed by atoms with van der Waals surface area (Å²) in [7, 11) is 0. The van der Waals surface area contributed by atoms with Crippen LogP contribution >= 0.6 is 11.3 Å². The van der Waals surface area contributed by atoms with Crippen molar-refractivity contribution in [3.63, 3.8) is 0 Å². The smallest absolute Gasteiger partial charge is 0.270 e. The lowest BCUT2D eigenvalue weighted by Crippen LogP contribution is -2.27. The molecular weight excluding hydrogens is 244 g/mol. The lowest BCUT2D eigenvalue weighted by atomic mass is 10.1. The number of carbonyl (C=O) groups excluding carboxylic acids is 1. The second-order valence-corrected chi connectivity index (χ2v) is 5.74. The molecule has 0 radical (unpaired) electrons. The van der Waals surface area contributed by atoms with Crippen LogP contribution in [0.15, 0.2) is 30.5 Å². The van der Waals surface area contributed by atoms with Crippen LogP contribution in [-0.2, 0) is 0 Å². The summed E-state index contributed by atoms with van der Waals surface area (Å²) in [6.07, 6.45) is 1.62. The first-order valence-electron chi connectivity index (χ1n) is 5.86. The summed E-state index contributed by atoms with van der Waals surface area (Å²) in [5.41, 5.74) is 1.63. The Morgan fingerprint density at radius 3 is 2.72 bits per heavy atom. The first-order valence-corrected chi connectivity index (χ1v) is 6.68.